The van der Waals surface area contributed by atoms with Crippen molar-refractivity contribution in [2.45, 2.75) is 19.8 Å². The van der Waals surface area contributed by atoms with Crippen LogP contribution in [0.15, 0.2) is 63.6 Å². The number of benzene rings is 2. The van der Waals surface area contributed by atoms with Crippen LogP contribution in [-0.2, 0) is 0 Å². The Morgan fingerprint density at radius 2 is 2.00 bits per heavy atom. The fourth-order valence-electron chi connectivity index (χ4n) is 3.09. The summed E-state index contributed by atoms with van der Waals surface area (Å²) in [5, 5.41) is 5.67. The van der Waals surface area contributed by atoms with Gasteiger partial charge in [-0.25, -0.2) is 4.98 Å². The van der Waals surface area contributed by atoms with Gasteiger partial charge in [0.15, 0.2) is 16.5 Å². The highest BCUT2D eigenvalue weighted by Crippen LogP contribution is 2.32. The van der Waals surface area contributed by atoms with Gasteiger partial charge in [-0.05, 0) is 66.2 Å². The fraction of sp³-hybridized carbons (Fsp3) is 0.174. The Balaban J connectivity index is 1.59. The largest absolute Gasteiger partial charge is 0.495 e. The number of oxazole rings is 1. The predicted molar refractivity (Wildman–Crippen MR) is 122 cm³/mol. The van der Waals surface area contributed by atoms with Crippen molar-refractivity contribution in [3.63, 3.8) is 0 Å². The summed E-state index contributed by atoms with van der Waals surface area (Å²) in [5.74, 6) is 1.15. The average molecular weight is 436 g/mol. The molecule has 4 aromatic rings. The molecule has 31 heavy (non-hydrogen) atoms. The van der Waals surface area contributed by atoms with Gasteiger partial charge in [-0.15, -0.1) is 0 Å². The number of hydrogen-bond donors (Lipinski definition) is 2. The van der Waals surface area contributed by atoms with E-state index in [0.717, 1.165) is 11.1 Å². The van der Waals surface area contributed by atoms with E-state index in [4.69, 9.17) is 25.8 Å². The lowest BCUT2D eigenvalue weighted by Crippen LogP contribution is -2.34. The van der Waals surface area contributed by atoms with Crippen LogP contribution in [0.4, 0.5) is 5.69 Å². The number of furan rings is 1. The van der Waals surface area contributed by atoms with Gasteiger partial charge in [0, 0.05) is 5.56 Å². The number of carbonyl (C=O) groups excluding carboxylic acids is 1. The zero-order valence-electron chi connectivity index (χ0n) is 17.3. The van der Waals surface area contributed by atoms with Gasteiger partial charge in [0.2, 0.25) is 5.89 Å². The van der Waals surface area contributed by atoms with E-state index < -0.39 is 5.91 Å². The summed E-state index contributed by atoms with van der Waals surface area (Å²) >= 11 is 5.27. The number of fused-ring (bicyclic) bond motifs is 1. The molecule has 1 amide bonds. The number of rotatable bonds is 5. The Kier molecular flexibility index (Phi) is 5.73. The van der Waals surface area contributed by atoms with Crippen molar-refractivity contribution < 1.29 is 18.4 Å². The number of aromatic nitrogens is 1. The molecule has 0 fully saturated rings. The minimum Gasteiger partial charge on any atom is -0.495 e. The van der Waals surface area contributed by atoms with Crippen molar-refractivity contribution in [2.24, 2.45) is 0 Å². The van der Waals surface area contributed by atoms with Crippen molar-refractivity contribution in [3.05, 3.63) is 66.1 Å². The maximum Gasteiger partial charge on any atom is 0.293 e. The third-order valence-electron chi connectivity index (χ3n) is 4.74. The molecule has 0 radical (unpaired) electrons. The highest BCUT2D eigenvalue weighted by atomic mass is 32.1. The monoisotopic (exact) mass is 435 g/mol. The van der Waals surface area contributed by atoms with Crippen LogP contribution in [0.1, 0.15) is 35.9 Å². The zero-order valence-corrected chi connectivity index (χ0v) is 18.1. The third kappa shape index (κ3) is 4.44. The average Bonchev–Trinajstić information content (AvgIpc) is 3.43. The van der Waals surface area contributed by atoms with Crippen LogP contribution in [0.2, 0.25) is 0 Å². The second kappa shape index (κ2) is 8.61. The van der Waals surface area contributed by atoms with Crippen molar-refractivity contribution in [2.75, 3.05) is 12.4 Å². The Morgan fingerprint density at radius 1 is 1.16 bits per heavy atom. The Bertz CT molecular complexity index is 1250. The second-order valence-corrected chi connectivity index (χ2v) is 7.61. The van der Waals surface area contributed by atoms with Crippen molar-refractivity contribution in [3.8, 4) is 17.2 Å². The van der Waals surface area contributed by atoms with Crippen LogP contribution in [0.3, 0.4) is 0 Å². The molecule has 0 saturated carbocycles. The van der Waals surface area contributed by atoms with Gasteiger partial charge in [0.1, 0.15) is 11.3 Å². The standard InChI is InChI=1S/C23H21N3O4S/c1-13(2)14-6-9-19-17(11-14)24-22(30-19)15-7-8-18(28-3)16(12-15)25-23(31)26-21(27)20-5-4-10-29-20/h4-13H,1-3H3,(H2,25,26,27,31). The van der Waals surface area contributed by atoms with Gasteiger partial charge in [-0.2, -0.15) is 0 Å². The quantitative estimate of drug-likeness (QED) is 0.409. The van der Waals surface area contributed by atoms with Gasteiger partial charge in [-0.1, -0.05) is 19.9 Å². The molecular weight excluding hydrogens is 414 g/mol. The first kappa shape index (κ1) is 20.6. The number of methoxy groups -OCH3 is 1. The van der Waals surface area contributed by atoms with Crippen LogP contribution in [0.25, 0.3) is 22.6 Å². The molecule has 4 rings (SSSR count). The molecule has 0 spiro atoms. The first-order valence-corrected chi connectivity index (χ1v) is 10.1. The van der Waals surface area contributed by atoms with Crippen LogP contribution in [0.5, 0.6) is 5.75 Å². The lowest BCUT2D eigenvalue weighted by Gasteiger charge is -2.13. The number of nitrogens with zero attached hydrogens (tertiary/aromatic N) is 1. The number of hydrogen-bond acceptors (Lipinski definition) is 6. The van der Waals surface area contributed by atoms with Crippen molar-refractivity contribution in [1.29, 1.82) is 0 Å². The van der Waals surface area contributed by atoms with Gasteiger partial charge in [-0.3, -0.25) is 10.1 Å². The molecule has 0 unspecified atom stereocenters. The molecule has 0 aliphatic heterocycles. The van der Waals surface area contributed by atoms with E-state index in [1.165, 1.54) is 11.8 Å². The molecule has 0 aliphatic carbocycles. The summed E-state index contributed by atoms with van der Waals surface area (Å²) in [5.41, 5.74) is 4.02. The molecule has 158 valence electrons. The summed E-state index contributed by atoms with van der Waals surface area (Å²) in [4.78, 5) is 16.8. The summed E-state index contributed by atoms with van der Waals surface area (Å²) in [7, 11) is 1.55. The molecule has 2 aromatic heterocycles. The third-order valence-corrected chi connectivity index (χ3v) is 4.95. The fourth-order valence-corrected chi connectivity index (χ4v) is 3.29. The summed E-state index contributed by atoms with van der Waals surface area (Å²) in [6, 6.07) is 14.6. The molecule has 2 N–H and O–H groups in total. The minimum atomic E-state index is -0.447. The normalized spacial score (nSPS) is 11.0. The first-order valence-electron chi connectivity index (χ1n) is 9.69. The topological polar surface area (TPSA) is 89.5 Å². The second-order valence-electron chi connectivity index (χ2n) is 7.20. The van der Waals surface area contributed by atoms with Crippen LogP contribution in [-0.4, -0.2) is 23.1 Å². The van der Waals surface area contributed by atoms with Crippen molar-refractivity contribution >= 4 is 40.0 Å². The number of anilines is 1. The van der Waals surface area contributed by atoms with Crippen LogP contribution in [0, 0.1) is 0 Å². The van der Waals surface area contributed by atoms with E-state index >= 15 is 0 Å². The highest BCUT2D eigenvalue weighted by molar-refractivity contribution is 7.80. The lowest BCUT2D eigenvalue weighted by molar-refractivity contribution is 0.0950. The summed E-state index contributed by atoms with van der Waals surface area (Å²) in [6.45, 7) is 4.27. The Morgan fingerprint density at radius 3 is 2.71 bits per heavy atom. The van der Waals surface area contributed by atoms with Crippen LogP contribution >= 0.6 is 12.2 Å². The molecule has 0 bridgehead atoms. The molecule has 8 heteroatoms. The van der Waals surface area contributed by atoms with E-state index in [-0.39, 0.29) is 10.9 Å². The lowest BCUT2D eigenvalue weighted by atomic mass is 10.0. The van der Waals surface area contributed by atoms with E-state index in [1.54, 1.807) is 31.4 Å². The Labute approximate surface area is 184 Å². The molecule has 2 heterocycles. The van der Waals surface area contributed by atoms with Gasteiger partial charge < -0.3 is 18.9 Å². The van der Waals surface area contributed by atoms with Gasteiger partial charge in [0.25, 0.3) is 5.91 Å². The number of ether oxygens (including phenoxy) is 1. The number of thiocarbonyl (C=S) groups is 1. The highest BCUT2D eigenvalue weighted by Gasteiger charge is 2.15. The SMILES string of the molecule is COc1ccc(-c2nc3cc(C(C)C)ccc3o2)cc1NC(=S)NC(=O)c1ccco1. The number of carbonyl (C=O) groups is 1. The van der Waals surface area contributed by atoms with E-state index in [2.05, 4.69) is 29.5 Å². The van der Waals surface area contributed by atoms with Crippen LogP contribution < -0.4 is 15.4 Å². The van der Waals surface area contributed by atoms with E-state index in [1.807, 2.05) is 24.3 Å². The smallest absolute Gasteiger partial charge is 0.293 e. The molecule has 0 saturated heterocycles. The Hall–Kier alpha value is -3.65. The van der Waals surface area contributed by atoms with E-state index in [0.29, 0.717) is 28.8 Å². The molecule has 7 nitrogen and oxygen atoms in total. The van der Waals surface area contributed by atoms with Gasteiger partial charge >= 0.3 is 0 Å². The van der Waals surface area contributed by atoms with Gasteiger partial charge in [0.05, 0.1) is 19.1 Å². The maximum atomic E-state index is 12.1. The minimum absolute atomic E-state index is 0.107. The van der Waals surface area contributed by atoms with Crippen molar-refractivity contribution in [1.82, 2.24) is 10.3 Å². The maximum absolute atomic E-state index is 12.1. The molecular formula is C23H21N3O4S. The molecule has 0 aliphatic rings. The van der Waals surface area contributed by atoms with E-state index in [9.17, 15) is 4.79 Å². The number of amides is 1. The predicted octanol–water partition coefficient (Wildman–Crippen LogP) is 5.35. The molecule has 0 atom stereocenters. The molecule has 2 aromatic carbocycles. The summed E-state index contributed by atoms with van der Waals surface area (Å²) < 4.78 is 16.4. The summed E-state index contributed by atoms with van der Waals surface area (Å²) in [6.07, 6.45) is 1.42. The number of nitrogens with one attached hydrogen (secondary N) is 2. The first-order chi connectivity index (χ1) is 14.9. The zero-order chi connectivity index (χ0) is 22.0.